The first kappa shape index (κ1) is 21.1. The van der Waals surface area contributed by atoms with Gasteiger partial charge in [0.05, 0.1) is 4.90 Å². The predicted molar refractivity (Wildman–Crippen MR) is 124 cm³/mol. The van der Waals surface area contributed by atoms with Crippen LogP contribution in [-0.2, 0) is 10.0 Å². The van der Waals surface area contributed by atoms with E-state index in [0.717, 1.165) is 20.9 Å². The maximum absolute atomic E-state index is 13.1. The van der Waals surface area contributed by atoms with Gasteiger partial charge in [0.25, 0.3) is 5.91 Å². The summed E-state index contributed by atoms with van der Waals surface area (Å²) >= 11 is 1.47. The molecule has 0 radical (unpaired) electrons. The van der Waals surface area contributed by atoms with E-state index >= 15 is 0 Å². The van der Waals surface area contributed by atoms with Gasteiger partial charge in [-0.3, -0.25) is 9.59 Å². The van der Waals surface area contributed by atoms with Gasteiger partial charge in [-0.1, -0.05) is 30.3 Å². The van der Waals surface area contributed by atoms with Gasteiger partial charge in [0.15, 0.2) is 5.78 Å². The monoisotopic (exact) mass is 466 g/mol. The molecule has 0 bridgehead atoms. The Bertz CT molecular complexity index is 1370. The standard InChI is InChI=1S/C24H22N2O4S2/c1-15-13-22(16(2)31-15)32(29,30)26-11-9-25(10-12-26)24(28)17-7-8-19-18-5-3-4-6-20(18)23(27)21(19)14-17/h3-8,13-14H,9-12H2,1-2H3. The van der Waals surface area contributed by atoms with Crippen LogP contribution in [0.5, 0.6) is 0 Å². The predicted octanol–water partition coefficient (Wildman–Crippen LogP) is 3.72. The number of sulfonamides is 1. The highest BCUT2D eigenvalue weighted by Gasteiger charge is 2.33. The largest absolute Gasteiger partial charge is 0.336 e. The molecule has 0 unspecified atom stereocenters. The number of fused-ring (bicyclic) bond motifs is 3. The second-order valence-electron chi connectivity index (χ2n) is 8.11. The molecule has 0 spiro atoms. The van der Waals surface area contributed by atoms with E-state index in [1.165, 1.54) is 15.6 Å². The number of carbonyl (C=O) groups is 2. The van der Waals surface area contributed by atoms with Crippen LogP contribution in [-0.4, -0.2) is 55.5 Å². The number of amides is 1. The smallest absolute Gasteiger partial charge is 0.253 e. The van der Waals surface area contributed by atoms with Crippen molar-refractivity contribution in [1.82, 2.24) is 9.21 Å². The molecule has 0 atom stereocenters. The number of carbonyl (C=O) groups excluding carboxylic acids is 2. The van der Waals surface area contributed by atoms with Crippen LogP contribution >= 0.6 is 11.3 Å². The lowest BCUT2D eigenvalue weighted by molar-refractivity contribution is 0.0698. The van der Waals surface area contributed by atoms with E-state index in [-0.39, 0.29) is 24.8 Å². The minimum atomic E-state index is -3.57. The fourth-order valence-electron chi connectivity index (χ4n) is 4.48. The van der Waals surface area contributed by atoms with Crippen LogP contribution in [0.2, 0.25) is 0 Å². The Morgan fingerprint density at radius 3 is 2.19 bits per heavy atom. The first-order valence-corrected chi connectivity index (χ1v) is 12.7. The summed E-state index contributed by atoms with van der Waals surface area (Å²) in [6.45, 7) is 4.83. The van der Waals surface area contributed by atoms with Gasteiger partial charge in [-0.25, -0.2) is 8.42 Å². The van der Waals surface area contributed by atoms with E-state index in [0.29, 0.717) is 34.7 Å². The van der Waals surface area contributed by atoms with E-state index in [2.05, 4.69) is 0 Å². The number of hydrogen-bond acceptors (Lipinski definition) is 5. The van der Waals surface area contributed by atoms with Crippen LogP contribution in [0, 0.1) is 13.8 Å². The van der Waals surface area contributed by atoms with Gasteiger partial charge in [-0.15, -0.1) is 11.3 Å². The third-order valence-corrected chi connectivity index (χ3v) is 9.23. The Labute approximate surface area is 191 Å². The molecule has 32 heavy (non-hydrogen) atoms. The fraction of sp³-hybridized carbons (Fsp3) is 0.250. The topological polar surface area (TPSA) is 74.8 Å². The number of ketones is 1. The summed E-state index contributed by atoms with van der Waals surface area (Å²) in [7, 11) is -3.57. The Morgan fingerprint density at radius 1 is 0.875 bits per heavy atom. The third kappa shape index (κ3) is 3.30. The van der Waals surface area contributed by atoms with E-state index in [9.17, 15) is 18.0 Å². The average Bonchev–Trinajstić information content (AvgIpc) is 3.29. The zero-order valence-corrected chi connectivity index (χ0v) is 19.4. The number of thiophene rings is 1. The summed E-state index contributed by atoms with van der Waals surface area (Å²) in [6, 6.07) is 14.4. The van der Waals surface area contributed by atoms with Crippen LogP contribution in [0.1, 0.15) is 36.0 Å². The Kier molecular flexibility index (Phi) is 5.03. The molecule has 5 rings (SSSR count). The molecule has 1 saturated heterocycles. The van der Waals surface area contributed by atoms with Gasteiger partial charge in [0.1, 0.15) is 0 Å². The molecule has 164 valence electrons. The van der Waals surface area contributed by atoms with Crippen LogP contribution < -0.4 is 0 Å². The molecule has 6 nitrogen and oxygen atoms in total. The van der Waals surface area contributed by atoms with Crippen molar-refractivity contribution in [3.05, 3.63) is 75.0 Å². The molecule has 2 heterocycles. The molecular formula is C24H22N2O4S2. The highest BCUT2D eigenvalue weighted by atomic mass is 32.2. The number of nitrogens with zero attached hydrogens (tertiary/aromatic N) is 2. The summed E-state index contributed by atoms with van der Waals surface area (Å²) in [6.07, 6.45) is 0. The lowest BCUT2D eigenvalue weighted by atomic mass is 10.0. The van der Waals surface area contributed by atoms with E-state index in [1.54, 1.807) is 29.2 Å². The zero-order chi connectivity index (χ0) is 22.6. The highest BCUT2D eigenvalue weighted by molar-refractivity contribution is 7.89. The quantitative estimate of drug-likeness (QED) is 0.461. The summed E-state index contributed by atoms with van der Waals surface area (Å²) in [5, 5.41) is 0. The van der Waals surface area contributed by atoms with E-state index < -0.39 is 10.0 Å². The van der Waals surface area contributed by atoms with Gasteiger partial charge >= 0.3 is 0 Å². The maximum atomic E-state index is 13.1. The number of piperazine rings is 1. The van der Waals surface area contributed by atoms with Gasteiger partial charge in [0.2, 0.25) is 10.0 Å². The molecular weight excluding hydrogens is 444 g/mol. The summed E-state index contributed by atoms with van der Waals surface area (Å²) < 4.78 is 27.5. The van der Waals surface area contributed by atoms with Crippen molar-refractivity contribution < 1.29 is 18.0 Å². The first-order valence-electron chi connectivity index (χ1n) is 10.4. The van der Waals surface area contributed by atoms with Crippen molar-refractivity contribution in [3.63, 3.8) is 0 Å². The lowest BCUT2D eigenvalue weighted by Gasteiger charge is -2.34. The molecule has 2 aromatic carbocycles. The van der Waals surface area contributed by atoms with Crippen LogP contribution in [0.4, 0.5) is 0 Å². The van der Waals surface area contributed by atoms with Crippen molar-refractivity contribution in [2.45, 2.75) is 18.7 Å². The molecule has 1 aliphatic carbocycles. The van der Waals surface area contributed by atoms with Crippen LogP contribution in [0.15, 0.2) is 53.4 Å². The van der Waals surface area contributed by atoms with Gasteiger partial charge in [-0.2, -0.15) is 4.31 Å². The van der Waals surface area contributed by atoms with Crippen molar-refractivity contribution in [3.8, 4) is 11.1 Å². The maximum Gasteiger partial charge on any atom is 0.253 e. The Hall–Kier alpha value is -2.81. The second kappa shape index (κ2) is 7.65. The second-order valence-corrected chi connectivity index (χ2v) is 11.5. The number of aryl methyl sites for hydroxylation is 2. The summed E-state index contributed by atoms with van der Waals surface area (Å²) in [5.74, 6) is -0.251. The lowest BCUT2D eigenvalue weighted by Crippen LogP contribution is -2.50. The van der Waals surface area contributed by atoms with Crippen LogP contribution in [0.3, 0.4) is 0 Å². The molecule has 0 N–H and O–H groups in total. The van der Waals surface area contributed by atoms with Crippen molar-refractivity contribution in [2.75, 3.05) is 26.2 Å². The molecule has 1 amide bonds. The average molecular weight is 467 g/mol. The van der Waals surface area contributed by atoms with Gasteiger partial charge in [0, 0.05) is 52.6 Å². The number of hydrogen-bond donors (Lipinski definition) is 0. The summed E-state index contributed by atoms with van der Waals surface area (Å²) in [4.78, 5) is 29.6. The van der Waals surface area contributed by atoms with Gasteiger partial charge in [-0.05, 0) is 43.2 Å². The van der Waals surface area contributed by atoms with Crippen molar-refractivity contribution in [2.24, 2.45) is 0 Å². The summed E-state index contributed by atoms with van der Waals surface area (Å²) in [5.41, 5.74) is 3.39. The third-order valence-electron chi connectivity index (χ3n) is 6.11. The SMILES string of the molecule is Cc1cc(S(=O)(=O)N2CCN(C(=O)c3ccc4c(c3)C(=O)c3ccccc3-4)CC2)c(C)s1. The zero-order valence-electron chi connectivity index (χ0n) is 17.8. The molecule has 0 saturated carbocycles. The molecule has 3 aromatic rings. The minimum Gasteiger partial charge on any atom is -0.336 e. The molecule has 2 aliphatic rings. The van der Waals surface area contributed by atoms with Crippen LogP contribution in [0.25, 0.3) is 11.1 Å². The molecule has 8 heteroatoms. The molecule has 1 aliphatic heterocycles. The minimum absolute atomic E-state index is 0.0670. The number of rotatable bonds is 3. The van der Waals surface area contributed by atoms with E-state index in [4.69, 9.17) is 0 Å². The Balaban J connectivity index is 1.33. The van der Waals surface area contributed by atoms with E-state index in [1.807, 2.05) is 38.1 Å². The van der Waals surface area contributed by atoms with Gasteiger partial charge < -0.3 is 4.90 Å². The highest BCUT2D eigenvalue weighted by Crippen LogP contribution is 2.37. The molecule has 1 aromatic heterocycles. The fourth-order valence-corrected chi connectivity index (χ4v) is 7.42. The molecule has 1 fully saturated rings. The van der Waals surface area contributed by atoms with Crippen molar-refractivity contribution in [1.29, 1.82) is 0 Å². The van der Waals surface area contributed by atoms with Crippen molar-refractivity contribution >= 4 is 33.1 Å². The Morgan fingerprint density at radius 2 is 1.53 bits per heavy atom. The first-order chi connectivity index (χ1) is 15.3. The number of benzene rings is 2. The normalized spacial score (nSPS) is 16.2.